The minimum Gasteiger partial charge on any atom is -0.465 e. The number of carbonyl (C=O) groups is 1. The second kappa shape index (κ2) is 6.49. The number of halogens is 3. The number of para-hydroxylation sites is 1. The Morgan fingerprint density at radius 1 is 1.27 bits per heavy atom. The maximum absolute atomic E-state index is 13.9. The number of amidine groups is 1. The van der Waals surface area contributed by atoms with Crippen LogP contribution in [0.1, 0.15) is 13.8 Å². The quantitative estimate of drug-likeness (QED) is 0.748. The average molecular weight is 386 g/mol. The molecule has 1 atom stereocenters. The Morgan fingerprint density at radius 2 is 1.92 bits per heavy atom. The number of fused-ring (bicyclic) bond motifs is 3. The molecule has 140 valence electrons. The largest absolute Gasteiger partial charge is 0.465 e. The van der Waals surface area contributed by atoms with Crippen molar-refractivity contribution in [3.8, 4) is 0 Å². The van der Waals surface area contributed by atoms with E-state index in [1.54, 1.807) is 47.9 Å². The zero-order valence-electron chi connectivity index (χ0n) is 14.4. The molecule has 2 aliphatic heterocycles. The van der Waals surface area contributed by atoms with Crippen molar-refractivity contribution in [2.45, 2.75) is 30.6 Å². The number of ether oxygens (including phenoxy) is 1. The number of nitrogens with zero attached hydrogens (tertiary/aromatic N) is 4. The van der Waals surface area contributed by atoms with Crippen LogP contribution in [0.25, 0.3) is 0 Å². The molecule has 26 heavy (non-hydrogen) atoms. The van der Waals surface area contributed by atoms with Gasteiger partial charge in [0, 0.05) is 18.0 Å². The van der Waals surface area contributed by atoms with Crippen LogP contribution in [0.4, 0.5) is 18.9 Å². The number of benzene rings is 1. The second-order valence-electron chi connectivity index (χ2n) is 5.55. The lowest BCUT2D eigenvalue weighted by molar-refractivity contribution is -0.201. The van der Waals surface area contributed by atoms with Gasteiger partial charge in [-0.25, -0.2) is 14.8 Å². The van der Waals surface area contributed by atoms with Gasteiger partial charge in [0.2, 0.25) is 5.96 Å². The van der Waals surface area contributed by atoms with Crippen LogP contribution in [0, 0.1) is 0 Å². The maximum Gasteiger partial charge on any atom is 0.446 e. The number of guanidine groups is 1. The van der Waals surface area contributed by atoms with E-state index < -0.39 is 17.8 Å². The highest BCUT2D eigenvalue weighted by Gasteiger charge is 2.65. The number of hydrogen-bond donors (Lipinski definition) is 0. The number of hydrogen-bond acceptors (Lipinski definition) is 7. The van der Waals surface area contributed by atoms with Gasteiger partial charge in [0.05, 0.1) is 12.8 Å². The number of rotatable bonds is 3. The van der Waals surface area contributed by atoms with Gasteiger partial charge in [-0.2, -0.15) is 13.2 Å². The first-order valence-electron chi connectivity index (χ1n) is 7.95. The summed E-state index contributed by atoms with van der Waals surface area (Å²) in [6.45, 7) is 4.45. The molecule has 0 spiro atoms. The zero-order chi connectivity index (χ0) is 19.1. The molecule has 0 aliphatic carbocycles. The number of carbonyl (C=O) groups excluding carboxylic acids is 1. The molecular formula is C16H17F3N4O2S. The van der Waals surface area contributed by atoms with Crippen LogP contribution < -0.4 is 4.90 Å². The molecule has 0 bridgehead atoms. The van der Waals surface area contributed by atoms with Crippen molar-refractivity contribution in [2.24, 2.45) is 9.98 Å². The molecule has 0 N–H and O–H groups in total. The van der Waals surface area contributed by atoms with E-state index in [1.165, 1.54) is 0 Å². The smallest absolute Gasteiger partial charge is 0.446 e. The number of aliphatic imine (C=N–C) groups is 2. The van der Waals surface area contributed by atoms with E-state index in [-0.39, 0.29) is 11.1 Å². The number of methoxy groups -OCH3 is 1. The summed E-state index contributed by atoms with van der Waals surface area (Å²) in [5, 5.41) is 0.0471. The van der Waals surface area contributed by atoms with Gasteiger partial charge >= 0.3 is 17.8 Å². The van der Waals surface area contributed by atoms with Crippen molar-refractivity contribution in [1.82, 2.24) is 4.90 Å². The van der Waals surface area contributed by atoms with Crippen LogP contribution >= 0.6 is 11.8 Å². The summed E-state index contributed by atoms with van der Waals surface area (Å²) >= 11 is 1.07. The fourth-order valence-electron chi connectivity index (χ4n) is 2.79. The van der Waals surface area contributed by atoms with Gasteiger partial charge in [0.25, 0.3) is 0 Å². The third-order valence-electron chi connectivity index (χ3n) is 4.13. The van der Waals surface area contributed by atoms with E-state index in [1.807, 2.05) is 0 Å². The molecule has 0 saturated heterocycles. The van der Waals surface area contributed by atoms with E-state index in [9.17, 15) is 18.0 Å². The highest BCUT2D eigenvalue weighted by molar-refractivity contribution is 8.15. The van der Waals surface area contributed by atoms with E-state index >= 15 is 0 Å². The Kier molecular flexibility index (Phi) is 4.63. The molecule has 10 heteroatoms. The third kappa shape index (κ3) is 2.63. The molecule has 6 nitrogen and oxygen atoms in total. The monoisotopic (exact) mass is 386 g/mol. The summed E-state index contributed by atoms with van der Waals surface area (Å²) in [6.07, 6.45) is -5.03. The summed E-state index contributed by atoms with van der Waals surface area (Å²) in [6, 6.07) is 7.14. The van der Waals surface area contributed by atoms with Gasteiger partial charge < -0.3 is 9.64 Å². The Morgan fingerprint density at radius 3 is 2.50 bits per heavy atom. The lowest BCUT2D eigenvalue weighted by atomic mass is 10.1. The fraction of sp³-hybridized carbons (Fsp3) is 0.438. The van der Waals surface area contributed by atoms with Gasteiger partial charge in [-0.3, -0.25) is 4.90 Å². The molecule has 0 fully saturated rings. The van der Waals surface area contributed by atoms with Gasteiger partial charge in [-0.05, 0) is 37.7 Å². The van der Waals surface area contributed by atoms with Gasteiger partial charge in [-0.1, -0.05) is 12.1 Å². The Hall–Kier alpha value is -2.23. The Balaban J connectivity index is 2.26. The standard InChI is InChI=1S/C16H17F3N4O2S/c1-4-22(5-2)13-20-15(12(24)25-3,16(17,18)19)21-14-23(13)10-8-6-7-9-11(10)26-14/h6-9H,4-5H2,1-3H3. The molecule has 0 radical (unpaired) electrons. The average Bonchev–Trinajstić information content (AvgIpc) is 2.99. The number of thioether (sulfide) groups is 1. The number of alkyl halides is 3. The normalized spacial score (nSPS) is 21.5. The van der Waals surface area contributed by atoms with Gasteiger partial charge in [0.15, 0.2) is 5.17 Å². The number of anilines is 1. The molecular weight excluding hydrogens is 369 g/mol. The first-order valence-corrected chi connectivity index (χ1v) is 8.77. The minimum absolute atomic E-state index is 0.0279. The highest BCUT2D eigenvalue weighted by Crippen LogP contribution is 2.47. The summed E-state index contributed by atoms with van der Waals surface area (Å²) in [4.78, 5) is 23.6. The van der Waals surface area contributed by atoms with Crippen LogP contribution in [0.5, 0.6) is 0 Å². The molecule has 2 aliphatic rings. The first-order chi connectivity index (χ1) is 12.3. The van der Waals surface area contributed by atoms with E-state index in [4.69, 9.17) is 0 Å². The molecule has 0 aromatic heterocycles. The summed E-state index contributed by atoms with van der Waals surface area (Å²) < 4.78 is 46.1. The fourth-order valence-corrected chi connectivity index (χ4v) is 3.85. The van der Waals surface area contributed by atoms with Crippen LogP contribution in [0.15, 0.2) is 39.1 Å². The van der Waals surface area contributed by atoms with Gasteiger partial charge in [0.1, 0.15) is 0 Å². The minimum atomic E-state index is -5.03. The SMILES string of the molecule is CCN(CC)C1=NC(C(=O)OC)(C(F)(F)F)N=C2Sc3ccccc3N21. The molecule has 1 aromatic carbocycles. The van der Waals surface area contributed by atoms with E-state index in [2.05, 4.69) is 14.7 Å². The first kappa shape index (κ1) is 18.6. The summed E-state index contributed by atoms with van der Waals surface area (Å²) in [5.41, 5.74) is -2.62. The Labute approximate surface area is 152 Å². The van der Waals surface area contributed by atoms with Crippen molar-refractivity contribution < 1.29 is 22.7 Å². The maximum atomic E-state index is 13.9. The van der Waals surface area contributed by atoms with Crippen LogP contribution in [0.3, 0.4) is 0 Å². The van der Waals surface area contributed by atoms with Crippen molar-refractivity contribution >= 4 is 34.5 Å². The van der Waals surface area contributed by atoms with Crippen molar-refractivity contribution in [3.63, 3.8) is 0 Å². The highest BCUT2D eigenvalue weighted by atomic mass is 32.2. The van der Waals surface area contributed by atoms with Crippen molar-refractivity contribution in [3.05, 3.63) is 24.3 Å². The molecule has 1 unspecified atom stereocenters. The molecule has 0 amide bonds. The lowest BCUT2D eigenvalue weighted by Gasteiger charge is -2.37. The topological polar surface area (TPSA) is 57.5 Å². The zero-order valence-corrected chi connectivity index (χ0v) is 15.2. The lowest BCUT2D eigenvalue weighted by Crippen LogP contribution is -2.58. The van der Waals surface area contributed by atoms with Crippen LogP contribution in [-0.4, -0.2) is 54.0 Å². The molecule has 3 rings (SSSR count). The number of esters is 1. The van der Waals surface area contributed by atoms with E-state index in [0.717, 1.165) is 23.8 Å². The van der Waals surface area contributed by atoms with Crippen molar-refractivity contribution in [1.29, 1.82) is 0 Å². The summed E-state index contributed by atoms with van der Waals surface area (Å²) in [7, 11) is 0.894. The van der Waals surface area contributed by atoms with Gasteiger partial charge in [-0.15, -0.1) is 0 Å². The van der Waals surface area contributed by atoms with Crippen molar-refractivity contribution in [2.75, 3.05) is 25.1 Å². The molecule has 0 saturated carbocycles. The van der Waals surface area contributed by atoms with Crippen LogP contribution in [0.2, 0.25) is 0 Å². The molecule has 1 aromatic rings. The predicted molar refractivity (Wildman–Crippen MR) is 93.4 cm³/mol. The Bertz CT molecular complexity index is 792. The third-order valence-corrected chi connectivity index (χ3v) is 5.15. The van der Waals surface area contributed by atoms with E-state index in [0.29, 0.717) is 18.8 Å². The predicted octanol–water partition coefficient (Wildman–Crippen LogP) is 3.10. The summed E-state index contributed by atoms with van der Waals surface area (Å²) in [5.74, 6) is -1.53. The second-order valence-corrected chi connectivity index (χ2v) is 6.55. The molecule has 2 heterocycles. The van der Waals surface area contributed by atoms with Crippen LogP contribution in [-0.2, 0) is 9.53 Å².